The van der Waals surface area contributed by atoms with Gasteiger partial charge in [-0.3, -0.25) is 0 Å². The summed E-state index contributed by atoms with van der Waals surface area (Å²) in [6.45, 7) is 4.28. The molecule has 0 aromatic carbocycles. The molecule has 1 saturated carbocycles. The molecule has 0 saturated heterocycles. The summed E-state index contributed by atoms with van der Waals surface area (Å²) in [7, 11) is 0. The Morgan fingerprint density at radius 2 is 1.86 bits per heavy atom. The summed E-state index contributed by atoms with van der Waals surface area (Å²) in [6, 6.07) is 0.0520. The van der Waals surface area contributed by atoms with E-state index >= 15 is 0 Å². The highest BCUT2D eigenvalue weighted by atomic mass is 14.9. The van der Waals surface area contributed by atoms with Gasteiger partial charge in [-0.1, -0.05) is 13.8 Å². The summed E-state index contributed by atoms with van der Waals surface area (Å²) in [4.78, 5) is 8.65. The Bertz CT molecular complexity index is 301. The molecule has 76 valence electrons. The van der Waals surface area contributed by atoms with Gasteiger partial charge in [0.15, 0.2) is 0 Å². The van der Waals surface area contributed by atoms with E-state index in [0.717, 1.165) is 5.82 Å². The summed E-state index contributed by atoms with van der Waals surface area (Å²) in [5.41, 5.74) is 7.18. The fourth-order valence-corrected chi connectivity index (χ4v) is 1.48. The minimum absolute atomic E-state index is 0.0520. The third-order valence-electron chi connectivity index (χ3n) is 2.79. The lowest BCUT2D eigenvalue weighted by Crippen LogP contribution is -2.16. The molecule has 2 N–H and O–H groups in total. The van der Waals surface area contributed by atoms with Gasteiger partial charge in [-0.25, -0.2) is 9.97 Å². The van der Waals surface area contributed by atoms with Crippen molar-refractivity contribution in [3.8, 4) is 0 Å². The van der Waals surface area contributed by atoms with Crippen LogP contribution in [0.5, 0.6) is 0 Å². The second-order valence-electron chi connectivity index (χ2n) is 4.39. The third kappa shape index (κ3) is 1.93. The average Bonchev–Trinajstić information content (AvgIpc) is 3.00. The van der Waals surface area contributed by atoms with Crippen LogP contribution in [0.3, 0.4) is 0 Å². The van der Waals surface area contributed by atoms with Gasteiger partial charge in [0.2, 0.25) is 0 Å². The zero-order valence-corrected chi connectivity index (χ0v) is 8.77. The molecule has 1 atom stereocenters. The SMILES string of the molecule is CC(C)c1cnc(C(N)C2CC2)nc1. The van der Waals surface area contributed by atoms with E-state index < -0.39 is 0 Å². The van der Waals surface area contributed by atoms with Crippen molar-refractivity contribution >= 4 is 0 Å². The standard InChI is InChI=1S/C11H17N3/c1-7(2)9-5-13-11(14-6-9)10(12)8-3-4-8/h5-8,10H,3-4,12H2,1-2H3. The molecule has 1 aromatic rings. The number of aromatic nitrogens is 2. The molecule has 3 nitrogen and oxygen atoms in total. The zero-order valence-electron chi connectivity index (χ0n) is 8.77. The van der Waals surface area contributed by atoms with Gasteiger partial charge in [0.25, 0.3) is 0 Å². The van der Waals surface area contributed by atoms with Crippen LogP contribution in [0, 0.1) is 5.92 Å². The monoisotopic (exact) mass is 191 g/mol. The number of hydrogen-bond acceptors (Lipinski definition) is 3. The fraction of sp³-hybridized carbons (Fsp3) is 0.636. The first-order valence-corrected chi connectivity index (χ1v) is 5.26. The minimum atomic E-state index is 0.0520. The normalized spacial score (nSPS) is 18.6. The van der Waals surface area contributed by atoms with Crippen LogP contribution < -0.4 is 5.73 Å². The van der Waals surface area contributed by atoms with Gasteiger partial charge in [-0.05, 0) is 30.2 Å². The third-order valence-corrected chi connectivity index (χ3v) is 2.79. The highest BCUT2D eigenvalue weighted by molar-refractivity contribution is 5.11. The Kier molecular flexibility index (Phi) is 2.50. The van der Waals surface area contributed by atoms with E-state index in [2.05, 4.69) is 23.8 Å². The molecule has 0 bridgehead atoms. The first kappa shape index (κ1) is 9.59. The van der Waals surface area contributed by atoms with E-state index in [1.54, 1.807) is 0 Å². The van der Waals surface area contributed by atoms with Gasteiger partial charge in [-0.15, -0.1) is 0 Å². The Labute approximate surface area is 84.8 Å². The average molecular weight is 191 g/mol. The van der Waals surface area contributed by atoms with E-state index in [1.807, 2.05) is 12.4 Å². The maximum Gasteiger partial charge on any atom is 0.145 e. The summed E-state index contributed by atoms with van der Waals surface area (Å²) < 4.78 is 0. The Balaban J connectivity index is 2.12. The molecule has 1 aliphatic rings. The molecular formula is C11H17N3. The highest BCUT2D eigenvalue weighted by Gasteiger charge is 2.31. The smallest absolute Gasteiger partial charge is 0.145 e. The van der Waals surface area contributed by atoms with Crippen molar-refractivity contribution in [1.29, 1.82) is 0 Å². The maximum atomic E-state index is 6.00. The molecule has 14 heavy (non-hydrogen) atoms. The predicted molar refractivity (Wildman–Crippen MR) is 55.8 cm³/mol. The highest BCUT2D eigenvalue weighted by Crippen LogP contribution is 2.38. The van der Waals surface area contributed by atoms with Gasteiger partial charge >= 0.3 is 0 Å². The molecule has 1 fully saturated rings. The predicted octanol–water partition coefficient (Wildman–Crippen LogP) is 2.01. The van der Waals surface area contributed by atoms with Crippen LogP contribution in [0.1, 0.15) is 50.0 Å². The van der Waals surface area contributed by atoms with Crippen LogP contribution in [0.2, 0.25) is 0 Å². The number of rotatable bonds is 3. The molecule has 1 aromatic heterocycles. The second kappa shape index (κ2) is 3.65. The summed E-state index contributed by atoms with van der Waals surface area (Å²) in [5.74, 6) is 1.91. The zero-order chi connectivity index (χ0) is 10.1. The van der Waals surface area contributed by atoms with Crippen molar-refractivity contribution in [2.24, 2.45) is 11.7 Å². The van der Waals surface area contributed by atoms with Crippen LogP contribution in [-0.4, -0.2) is 9.97 Å². The lowest BCUT2D eigenvalue weighted by atomic mass is 10.1. The molecule has 1 aliphatic carbocycles. The molecule has 2 rings (SSSR count). The number of nitrogens with zero attached hydrogens (tertiary/aromatic N) is 2. The lowest BCUT2D eigenvalue weighted by molar-refractivity contribution is 0.590. The maximum absolute atomic E-state index is 6.00. The molecule has 1 unspecified atom stereocenters. The topological polar surface area (TPSA) is 51.8 Å². The molecule has 3 heteroatoms. The van der Waals surface area contributed by atoms with Gasteiger partial charge in [-0.2, -0.15) is 0 Å². The van der Waals surface area contributed by atoms with E-state index in [-0.39, 0.29) is 6.04 Å². The van der Waals surface area contributed by atoms with Crippen LogP contribution in [0.4, 0.5) is 0 Å². The Hall–Kier alpha value is -0.960. The van der Waals surface area contributed by atoms with Crippen molar-refractivity contribution in [3.05, 3.63) is 23.8 Å². The number of nitrogens with two attached hydrogens (primary N) is 1. The molecule has 1 heterocycles. The van der Waals surface area contributed by atoms with Crippen molar-refractivity contribution in [1.82, 2.24) is 9.97 Å². The molecule has 0 aliphatic heterocycles. The Morgan fingerprint density at radius 1 is 1.29 bits per heavy atom. The van der Waals surface area contributed by atoms with Crippen molar-refractivity contribution in [3.63, 3.8) is 0 Å². The number of hydrogen-bond donors (Lipinski definition) is 1. The largest absolute Gasteiger partial charge is 0.321 e. The lowest BCUT2D eigenvalue weighted by Gasteiger charge is -2.09. The first-order valence-electron chi connectivity index (χ1n) is 5.26. The van der Waals surface area contributed by atoms with Gasteiger partial charge in [0.1, 0.15) is 5.82 Å². The molecular weight excluding hydrogens is 174 g/mol. The molecule has 0 amide bonds. The molecule has 0 radical (unpaired) electrons. The van der Waals surface area contributed by atoms with Crippen LogP contribution in [-0.2, 0) is 0 Å². The van der Waals surface area contributed by atoms with Gasteiger partial charge < -0.3 is 5.73 Å². The van der Waals surface area contributed by atoms with E-state index in [4.69, 9.17) is 5.73 Å². The van der Waals surface area contributed by atoms with Crippen LogP contribution in [0.25, 0.3) is 0 Å². The summed E-state index contributed by atoms with van der Waals surface area (Å²) in [5, 5.41) is 0. The Morgan fingerprint density at radius 3 is 2.29 bits per heavy atom. The van der Waals surface area contributed by atoms with Gasteiger partial charge in [0, 0.05) is 12.4 Å². The van der Waals surface area contributed by atoms with E-state index in [1.165, 1.54) is 18.4 Å². The summed E-state index contributed by atoms with van der Waals surface area (Å²) in [6.07, 6.45) is 6.26. The van der Waals surface area contributed by atoms with Crippen molar-refractivity contribution in [2.45, 2.75) is 38.6 Å². The first-order chi connectivity index (χ1) is 6.68. The summed E-state index contributed by atoms with van der Waals surface area (Å²) >= 11 is 0. The van der Waals surface area contributed by atoms with Crippen molar-refractivity contribution in [2.75, 3.05) is 0 Å². The fourth-order valence-electron chi connectivity index (χ4n) is 1.48. The minimum Gasteiger partial charge on any atom is -0.321 e. The molecule has 0 spiro atoms. The van der Waals surface area contributed by atoms with Crippen molar-refractivity contribution < 1.29 is 0 Å². The van der Waals surface area contributed by atoms with E-state index in [0.29, 0.717) is 11.8 Å². The second-order valence-corrected chi connectivity index (χ2v) is 4.39. The van der Waals surface area contributed by atoms with E-state index in [9.17, 15) is 0 Å². The van der Waals surface area contributed by atoms with Gasteiger partial charge in [0.05, 0.1) is 6.04 Å². The van der Waals surface area contributed by atoms with Crippen LogP contribution >= 0.6 is 0 Å². The van der Waals surface area contributed by atoms with Crippen LogP contribution in [0.15, 0.2) is 12.4 Å². The quantitative estimate of drug-likeness (QED) is 0.795.